The van der Waals surface area contributed by atoms with Gasteiger partial charge in [-0.1, -0.05) is 229 Å². The fraction of sp³-hybridized carbons (Fsp3) is 0.768. The lowest BCUT2D eigenvalue weighted by Crippen LogP contribution is -2.61. The maximum Gasteiger partial charge on any atom is 0.335 e. The Morgan fingerprint density at radius 2 is 0.741 bits per heavy atom. The van der Waals surface area contributed by atoms with Crippen LogP contribution in [-0.2, 0) is 42.9 Å². The van der Waals surface area contributed by atoms with Gasteiger partial charge in [0.2, 0.25) is 0 Å². The third-order valence-electron chi connectivity index (χ3n) is 14.7. The number of hydrogen-bond acceptors (Lipinski definition) is 11. The van der Waals surface area contributed by atoms with E-state index >= 15 is 0 Å². The van der Waals surface area contributed by atoms with Crippen molar-refractivity contribution in [3.63, 3.8) is 0 Å². The van der Waals surface area contributed by atoms with Crippen molar-refractivity contribution in [2.24, 2.45) is 0 Å². The van der Waals surface area contributed by atoms with E-state index in [1.807, 2.05) is 0 Å². The molecular formula is C69H118O12. The number of esters is 3. The number of carboxylic acids is 1. The highest BCUT2D eigenvalue weighted by molar-refractivity contribution is 5.74. The van der Waals surface area contributed by atoms with Gasteiger partial charge in [-0.3, -0.25) is 14.4 Å². The molecule has 1 saturated heterocycles. The summed E-state index contributed by atoms with van der Waals surface area (Å²) in [5.74, 6) is -3.14. The van der Waals surface area contributed by atoms with Gasteiger partial charge >= 0.3 is 23.9 Å². The molecule has 0 aromatic heterocycles. The van der Waals surface area contributed by atoms with Gasteiger partial charge in [-0.05, 0) is 116 Å². The molecule has 0 aromatic rings. The Kier molecular flexibility index (Phi) is 52.6. The van der Waals surface area contributed by atoms with Crippen molar-refractivity contribution in [1.82, 2.24) is 0 Å². The first-order chi connectivity index (χ1) is 39.6. The van der Waals surface area contributed by atoms with Crippen LogP contribution < -0.4 is 0 Å². The van der Waals surface area contributed by atoms with Crippen molar-refractivity contribution in [2.45, 2.75) is 327 Å². The van der Waals surface area contributed by atoms with Crippen LogP contribution >= 0.6 is 0 Å². The average Bonchev–Trinajstić information content (AvgIpc) is 3.54. The summed E-state index contributed by atoms with van der Waals surface area (Å²) >= 11 is 0. The van der Waals surface area contributed by atoms with E-state index in [0.29, 0.717) is 19.3 Å². The molecule has 3 N–H and O–H groups in total. The van der Waals surface area contributed by atoms with E-state index in [1.54, 1.807) is 0 Å². The first-order valence-electron chi connectivity index (χ1n) is 32.9. The number of aliphatic carboxylic acids is 1. The van der Waals surface area contributed by atoms with Gasteiger partial charge in [0.1, 0.15) is 18.8 Å². The zero-order valence-corrected chi connectivity index (χ0v) is 51.5. The first kappa shape index (κ1) is 75.2. The van der Waals surface area contributed by atoms with E-state index in [4.69, 9.17) is 23.7 Å². The van der Waals surface area contributed by atoms with E-state index in [9.17, 15) is 34.5 Å². The van der Waals surface area contributed by atoms with Crippen molar-refractivity contribution < 1.29 is 58.2 Å². The summed E-state index contributed by atoms with van der Waals surface area (Å²) in [7, 11) is 0. The van der Waals surface area contributed by atoms with Crippen LogP contribution in [0.3, 0.4) is 0 Å². The maximum absolute atomic E-state index is 13.2. The molecule has 1 aliphatic rings. The number of hydrogen-bond donors (Lipinski definition) is 3. The van der Waals surface area contributed by atoms with Gasteiger partial charge in [0.15, 0.2) is 24.6 Å². The second-order valence-corrected chi connectivity index (χ2v) is 22.4. The van der Waals surface area contributed by atoms with Gasteiger partial charge in [0.05, 0.1) is 6.61 Å². The molecule has 0 radical (unpaired) electrons. The summed E-state index contributed by atoms with van der Waals surface area (Å²) in [6.07, 6.45) is 59.9. The number of carboxylic acid groups (broad SMARTS) is 1. The summed E-state index contributed by atoms with van der Waals surface area (Å²) in [6, 6.07) is 0. The Bertz CT molecular complexity index is 1680. The van der Waals surface area contributed by atoms with Crippen molar-refractivity contribution >= 4 is 23.9 Å². The lowest BCUT2D eigenvalue weighted by Gasteiger charge is -2.40. The Hall–Kier alpha value is -3.84. The maximum atomic E-state index is 13.2. The molecule has 12 nitrogen and oxygen atoms in total. The Balaban J connectivity index is 2.67. The van der Waals surface area contributed by atoms with Gasteiger partial charge in [0, 0.05) is 19.3 Å². The molecule has 81 heavy (non-hydrogen) atoms. The minimum absolute atomic E-state index is 0.0431. The molecule has 6 atom stereocenters. The summed E-state index contributed by atoms with van der Waals surface area (Å²) in [5.41, 5.74) is 0. The molecule has 1 heterocycles. The molecule has 0 aromatic carbocycles. The zero-order chi connectivity index (χ0) is 58.9. The molecule has 0 amide bonds. The monoisotopic (exact) mass is 1140 g/mol. The SMILES string of the molecule is CCCCC/C=C\C/C=C\C/C=C\CCCCCCCCC(=O)OC1C(OCC(COC(=O)CCCCCCCCC/C=C\C/C=C\CCCCC)OC(=O)CCCCCCC/C=C\CCCCCCCC)OC(C(=O)O)C(O)C1O. The van der Waals surface area contributed by atoms with Crippen molar-refractivity contribution in [3.05, 3.63) is 72.9 Å². The molecule has 12 heteroatoms. The second kappa shape index (κ2) is 56.6. The number of unbranched alkanes of at least 4 members (excludes halogenated alkanes) is 30. The fourth-order valence-electron chi connectivity index (χ4n) is 9.64. The van der Waals surface area contributed by atoms with Crippen molar-refractivity contribution in [1.29, 1.82) is 0 Å². The zero-order valence-electron chi connectivity index (χ0n) is 51.5. The van der Waals surface area contributed by atoms with Crippen LogP contribution in [0.2, 0.25) is 0 Å². The summed E-state index contributed by atoms with van der Waals surface area (Å²) in [5, 5.41) is 31.6. The molecule has 1 fully saturated rings. The quantitative estimate of drug-likeness (QED) is 0.0228. The predicted molar refractivity (Wildman–Crippen MR) is 331 cm³/mol. The topological polar surface area (TPSA) is 175 Å². The molecule has 0 aliphatic carbocycles. The fourth-order valence-corrected chi connectivity index (χ4v) is 9.64. The van der Waals surface area contributed by atoms with Crippen LogP contribution in [0, 0.1) is 0 Å². The average molecular weight is 1140 g/mol. The molecular weight excluding hydrogens is 1020 g/mol. The molecule has 6 unspecified atom stereocenters. The summed E-state index contributed by atoms with van der Waals surface area (Å²) in [6.45, 7) is 5.95. The predicted octanol–water partition coefficient (Wildman–Crippen LogP) is 17.7. The number of rotatable bonds is 56. The largest absolute Gasteiger partial charge is 0.479 e. The number of aliphatic hydroxyl groups is 2. The molecule has 1 rings (SSSR count). The smallest absolute Gasteiger partial charge is 0.335 e. The van der Waals surface area contributed by atoms with Crippen LogP contribution in [0.4, 0.5) is 0 Å². The van der Waals surface area contributed by atoms with Crippen LogP contribution in [0.5, 0.6) is 0 Å². The number of allylic oxidation sites excluding steroid dienone is 12. The molecule has 466 valence electrons. The molecule has 0 bridgehead atoms. The minimum atomic E-state index is -1.91. The van der Waals surface area contributed by atoms with Crippen molar-refractivity contribution in [3.8, 4) is 0 Å². The lowest BCUT2D eigenvalue weighted by atomic mass is 9.98. The lowest BCUT2D eigenvalue weighted by molar-refractivity contribution is -0.301. The Morgan fingerprint density at radius 3 is 1.16 bits per heavy atom. The normalized spacial score (nSPS) is 18.2. The first-order valence-corrected chi connectivity index (χ1v) is 32.9. The second-order valence-electron chi connectivity index (χ2n) is 22.4. The van der Waals surface area contributed by atoms with Crippen LogP contribution in [0.25, 0.3) is 0 Å². The minimum Gasteiger partial charge on any atom is -0.479 e. The van der Waals surface area contributed by atoms with Crippen molar-refractivity contribution in [2.75, 3.05) is 13.2 Å². The van der Waals surface area contributed by atoms with Gasteiger partial charge in [-0.25, -0.2) is 4.79 Å². The molecule has 1 aliphatic heterocycles. The number of ether oxygens (including phenoxy) is 5. The van der Waals surface area contributed by atoms with E-state index in [0.717, 1.165) is 128 Å². The van der Waals surface area contributed by atoms with Gasteiger partial charge in [0.25, 0.3) is 0 Å². The third-order valence-corrected chi connectivity index (χ3v) is 14.7. The summed E-state index contributed by atoms with van der Waals surface area (Å²) < 4.78 is 28.5. The van der Waals surface area contributed by atoms with E-state index in [1.165, 1.54) is 103 Å². The molecule has 0 spiro atoms. The molecule has 0 saturated carbocycles. The summed E-state index contributed by atoms with van der Waals surface area (Å²) in [4.78, 5) is 51.3. The standard InChI is InChI=1S/C69H118O12/c1-4-7-10-13-16-19-22-25-28-30-31-33-36-39-42-45-48-51-54-57-63(72)80-67-65(74)64(73)66(68(75)76)81-69(67)78-59-60(79-62(71)56-53-50-47-44-41-38-34-27-24-21-18-15-12-9-6-3)58-77-61(70)55-52-49-46-43-40-37-35-32-29-26-23-20-17-14-11-8-5-2/h16-17,19-20,25-29,31,33-34,60,64-67,69,73-74H,4-15,18,21-24,30,32,35-59H2,1-3H3,(H,75,76)/b19-16-,20-17-,28-25-,29-26-,33-31-,34-27-. The van der Waals surface area contributed by atoms with Gasteiger partial charge in [-0.15, -0.1) is 0 Å². The highest BCUT2D eigenvalue weighted by Gasteiger charge is 2.50. The Morgan fingerprint density at radius 1 is 0.407 bits per heavy atom. The van der Waals surface area contributed by atoms with E-state index in [-0.39, 0.29) is 25.9 Å². The van der Waals surface area contributed by atoms with Crippen LogP contribution in [0.15, 0.2) is 72.9 Å². The van der Waals surface area contributed by atoms with E-state index < -0.39 is 67.3 Å². The highest BCUT2D eigenvalue weighted by atomic mass is 16.7. The number of aliphatic hydroxyl groups excluding tert-OH is 2. The van der Waals surface area contributed by atoms with E-state index in [2.05, 4.69) is 93.7 Å². The number of carbonyl (C=O) groups is 4. The van der Waals surface area contributed by atoms with Gasteiger partial charge in [-0.2, -0.15) is 0 Å². The van der Waals surface area contributed by atoms with Gasteiger partial charge < -0.3 is 39.0 Å². The Labute approximate surface area is 493 Å². The van der Waals surface area contributed by atoms with Crippen LogP contribution in [-0.4, -0.2) is 89.2 Å². The number of carbonyl (C=O) groups excluding carboxylic acids is 3. The highest BCUT2D eigenvalue weighted by Crippen LogP contribution is 2.27. The third kappa shape index (κ3) is 46.3. The van der Waals surface area contributed by atoms with Crippen LogP contribution in [0.1, 0.15) is 290 Å².